The number of aromatic amines is 1. The number of pyridine rings is 1. The van der Waals surface area contributed by atoms with E-state index in [-0.39, 0.29) is 24.7 Å². The van der Waals surface area contributed by atoms with E-state index in [1.165, 1.54) is 21.7 Å². The molecule has 11 heteroatoms. The van der Waals surface area contributed by atoms with E-state index >= 15 is 0 Å². The molecule has 2 aromatic carbocycles. The van der Waals surface area contributed by atoms with Crippen LogP contribution in [0.1, 0.15) is 11.4 Å². The summed E-state index contributed by atoms with van der Waals surface area (Å²) in [6.45, 7) is -0.308. The Bertz CT molecular complexity index is 1460. The van der Waals surface area contributed by atoms with Crippen LogP contribution >= 0.6 is 0 Å². The molecule has 1 amide bonds. The van der Waals surface area contributed by atoms with Crippen molar-refractivity contribution in [3.8, 4) is 11.3 Å². The molecule has 176 valence electrons. The van der Waals surface area contributed by atoms with Gasteiger partial charge in [-0.25, -0.2) is 14.6 Å². The number of nitrogens with zero attached hydrogens (tertiary/aromatic N) is 6. The van der Waals surface area contributed by atoms with Gasteiger partial charge in [0, 0.05) is 17.4 Å². The van der Waals surface area contributed by atoms with Crippen molar-refractivity contribution in [2.24, 2.45) is 0 Å². The summed E-state index contributed by atoms with van der Waals surface area (Å²) in [6, 6.07) is 17.8. The molecule has 0 spiro atoms. The quantitative estimate of drug-likeness (QED) is 0.390. The Kier molecular flexibility index (Phi) is 5.73. The summed E-state index contributed by atoms with van der Waals surface area (Å²) in [4.78, 5) is 25.6. The number of alkyl halides is 3. The van der Waals surface area contributed by atoms with Crippen LogP contribution in [0.4, 0.5) is 18.9 Å². The lowest BCUT2D eigenvalue weighted by atomic mass is 10.1. The second kappa shape index (κ2) is 9.01. The molecule has 0 saturated carbocycles. The van der Waals surface area contributed by atoms with E-state index in [0.29, 0.717) is 16.7 Å². The fraction of sp³-hybridized carbons (Fsp3) is 0.125. The molecular formula is C24H18F3N7O. The largest absolute Gasteiger partial charge is 0.433 e. The number of benzene rings is 2. The smallest absolute Gasteiger partial charge is 0.351 e. The molecule has 5 rings (SSSR count). The number of carbonyl (C=O) groups excluding carboxylic acids is 1. The van der Waals surface area contributed by atoms with Crippen LogP contribution < -0.4 is 4.90 Å². The third-order valence-corrected chi connectivity index (χ3v) is 5.40. The number of para-hydroxylation sites is 1. The summed E-state index contributed by atoms with van der Waals surface area (Å²) in [5.74, 6) is -0.382. The molecule has 0 aliphatic heterocycles. The van der Waals surface area contributed by atoms with Crippen LogP contribution in [-0.2, 0) is 24.1 Å². The van der Waals surface area contributed by atoms with Gasteiger partial charge in [-0.05, 0) is 36.4 Å². The highest BCUT2D eigenvalue weighted by molar-refractivity contribution is 5.94. The predicted octanol–water partition coefficient (Wildman–Crippen LogP) is 4.47. The zero-order valence-electron chi connectivity index (χ0n) is 18.1. The minimum atomic E-state index is -4.59. The van der Waals surface area contributed by atoms with Crippen LogP contribution in [0.15, 0.2) is 79.3 Å². The predicted molar refractivity (Wildman–Crippen MR) is 122 cm³/mol. The van der Waals surface area contributed by atoms with Gasteiger partial charge in [-0.1, -0.05) is 35.5 Å². The second-order valence-corrected chi connectivity index (χ2v) is 7.73. The maximum atomic E-state index is 13.4. The molecule has 3 aromatic heterocycles. The zero-order chi connectivity index (χ0) is 24.4. The van der Waals surface area contributed by atoms with Gasteiger partial charge in [0.2, 0.25) is 5.91 Å². The number of anilines is 1. The third-order valence-electron chi connectivity index (χ3n) is 5.40. The molecule has 35 heavy (non-hydrogen) atoms. The molecule has 1 N–H and O–H groups in total. The van der Waals surface area contributed by atoms with Crippen molar-refractivity contribution >= 4 is 22.6 Å². The SMILES string of the molecule is O=C(Cn1nnc2ccccc21)N(Cc1cccc(C(F)(F)F)n1)c1ccc(-c2c[nH]cn2)cc1. The number of nitrogens with one attached hydrogen (secondary N) is 1. The molecule has 0 fully saturated rings. The number of fused-ring (bicyclic) bond motifs is 1. The standard InChI is InChI=1S/C24H18F3N7O/c25-24(26,27)22-7-3-4-17(30-22)13-33(18-10-8-16(9-11-18)20-12-28-15-29-20)23(35)14-34-21-6-2-1-5-19(21)31-32-34/h1-12,15H,13-14H2,(H,28,29). The van der Waals surface area contributed by atoms with Crippen LogP contribution in [0.5, 0.6) is 0 Å². The summed E-state index contributed by atoms with van der Waals surface area (Å²) >= 11 is 0. The highest BCUT2D eigenvalue weighted by Crippen LogP contribution is 2.28. The monoisotopic (exact) mass is 477 g/mol. The Labute approximate surface area is 197 Å². The number of aromatic nitrogens is 6. The molecule has 0 aliphatic carbocycles. The summed E-state index contributed by atoms with van der Waals surface area (Å²) < 4.78 is 41.0. The van der Waals surface area contributed by atoms with E-state index in [1.807, 2.05) is 12.1 Å². The summed E-state index contributed by atoms with van der Waals surface area (Å²) in [7, 11) is 0. The average Bonchev–Trinajstić information content (AvgIpc) is 3.53. The Morgan fingerprint density at radius 2 is 1.80 bits per heavy atom. The van der Waals surface area contributed by atoms with Crippen LogP contribution in [-0.4, -0.2) is 35.9 Å². The number of halogens is 3. The molecule has 0 atom stereocenters. The first kappa shape index (κ1) is 22.3. The van der Waals surface area contributed by atoms with E-state index in [9.17, 15) is 18.0 Å². The summed E-state index contributed by atoms with van der Waals surface area (Å²) in [5, 5.41) is 8.12. The van der Waals surface area contributed by atoms with E-state index in [4.69, 9.17) is 0 Å². The van der Waals surface area contributed by atoms with Crippen molar-refractivity contribution in [3.63, 3.8) is 0 Å². The zero-order valence-corrected chi connectivity index (χ0v) is 18.1. The normalized spacial score (nSPS) is 11.6. The second-order valence-electron chi connectivity index (χ2n) is 7.73. The third kappa shape index (κ3) is 4.74. The fourth-order valence-electron chi connectivity index (χ4n) is 3.69. The first-order valence-electron chi connectivity index (χ1n) is 10.6. The van der Waals surface area contributed by atoms with Gasteiger partial charge in [-0.15, -0.1) is 5.10 Å². The van der Waals surface area contributed by atoms with Crippen molar-refractivity contribution in [1.82, 2.24) is 29.9 Å². The lowest BCUT2D eigenvalue weighted by Gasteiger charge is -2.23. The van der Waals surface area contributed by atoms with Gasteiger partial charge < -0.3 is 9.88 Å². The average molecular weight is 477 g/mol. The fourth-order valence-corrected chi connectivity index (χ4v) is 3.69. The first-order valence-corrected chi connectivity index (χ1v) is 10.6. The summed E-state index contributed by atoms with van der Waals surface area (Å²) in [6.07, 6.45) is -1.29. The van der Waals surface area contributed by atoms with Gasteiger partial charge in [0.25, 0.3) is 0 Å². The number of amides is 1. The molecule has 0 radical (unpaired) electrons. The van der Waals surface area contributed by atoms with Crippen molar-refractivity contribution in [2.45, 2.75) is 19.3 Å². The lowest BCUT2D eigenvalue weighted by molar-refractivity contribution is -0.141. The van der Waals surface area contributed by atoms with Gasteiger partial charge in [0.1, 0.15) is 17.8 Å². The molecular weight excluding hydrogens is 459 g/mol. The molecule has 8 nitrogen and oxygen atoms in total. The maximum absolute atomic E-state index is 13.4. The molecule has 5 aromatic rings. The first-order chi connectivity index (χ1) is 16.9. The lowest BCUT2D eigenvalue weighted by Crippen LogP contribution is -2.34. The number of rotatable bonds is 6. The maximum Gasteiger partial charge on any atom is 0.433 e. The minimum absolute atomic E-state index is 0.105. The van der Waals surface area contributed by atoms with Gasteiger partial charge >= 0.3 is 6.18 Å². The van der Waals surface area contributed by atoms with Gasteiger partial charge in [-0.3, -0.25) is 4.79 Å². The highest BCUT2D eigenvalue weighted by atomic mass is 19.4. The van der Waals surface area contributed by atoms with E-state index < -0.39 is 11.9 Å². The Hall–Kier alpha value is -4.54. The van der Waals surface area contributed by atoms with Crippen LogP contribution in [0.3, 0.4) is 0 Å². The topological polar surface area (TPSA) is 92.6 Å². The van der Waals surface area contributed by atoms with E-state index in [0.717, 1.165) is 17.3 Å². The highest BCUT2D eigenvalue weighted by Gasteiger charge is 2.32. The number of hydrogen-bond donors (Lipinski definition) is 1. The molecule has 3 heterocycles. The molecule has 0 bridgehead atoms. The van der Waals surface area contributed by atoms with Crippen LogP contribution in [0, 0.1) is 0 Å². The van der Waals surface area contributed by atoms with Crippen LogP contribution in [0.25, 0.3) is 22.3 Å². The number of carbonyl (C=O) groups is 1. The van der Waals surface area contributed by atoms with E-state index in [2.05, 4.69) is 25.3 Å². The Morgan fingerprint density at radius 3 is 2.54 bits per heavy atom. The van der Waals surface area contributed by atoms with Crippen molar-refractivity contribution < 1.29 is 18.0 Å². The number of hydrogen-bond acceptors (Lipinski definition) is 5. The number of imidazole rings is 1. The van der Waals surface area contributed by atoms with Crippen molar-refractivity contribution in [3.05, 3.63) is 90.6 Å². The molecule has 0 unspecified atom stereocenters. The van der Waals surface area contributed by atoms with Gasteiger partial charge in [0.15, 0.2) is 0 Å². The van der Waals surface area contributed by atoms with Gasteiger partial charge in [-0.2, -0.15) is 13.2 Å². The summed E-state index contributed by atoms with van der Waals surface area (Å²) in [5.41, 5.74) is 2.44. The Morgan fingerprint density at radius 1 is 1.00 bits per heavy atom. The van der Waals surface area contributed by atoms with Crippen molar-refractivity contribution in [2.75, 3.05) is 4.90 Å². The van der Waals surface area contributed by atoms with Gasteiger partial charge in [0.05, 0.1) is 29.8 Å². The Balaban J connectivity index is 1.48. The van der Waals surface area contributed by atoms with Crippen LogP contribution in [0.2, 0.25) is 0 Å². The van der Waals surface area contributed by atoms with Crippen molar-refractivity contribution in [1.29, 1.82) is 0 Å². The molecule has 0 aliphatic rings. The molecule has 0 saturated heterocycles. The van der Waals surface area contributed by atoms with E-state index in [1.54, 1.807) is 48.9 Å². The number of H-pyrrole nitrogens is 1. The minimum Gasteiger partial charge on any atom is -0.351 e.